The van der Waals surface area contributed by atoms with Crippen LogP contribution in [0.5, 0.6) is 5.75 Å². The number of rotatable bonds is 5. The molecule has 150 valence electrons. The first kappa shape index (κ1) is 20.5. The second kappa shape index (κ2) is 8.45. The minimum atomic E-state index is -0.953. The van der Waals surface area contributed by atoms with E-state index in [1.165, 1.54) is 26.2 Å². The van der Waals surface area contributed by atoms with Crippen molar-refractivity contribution in [3.63, 3.8) is 0 Å². The van der Waals surface area contributed by atoms with Crippen LogP contribution in [0.25, 0.3) is 11.3 Å². The molecule has 0 spiro atoms. The molecule has 3 aromatic rings. The van der Waals surface area contributed by atoms with E-state index in [9.17, 15) is 13.6 Å². The van der Waals surface area contributed by atoms with Crippen molar-refractivity contribution in [2.75, 3.05) is 12.8 Å². The number of hydrogen-bond acceptors (Lipinski definition) is 5. The van der Waals surface area contributed by atoms with Crippen LogP contribution in [-0.2, 0) is 11.3 Å². The van der Waals surface area contributed by atoms with Crippen molar-refractivity contribution >= 4 is 23.3 Å². The van der Waals surface area contributed by atoms with E-state index in [2.05, 4.69) is 4.98 Å². The molecule has 0 unspecified atom stereocenters. The van der Waals surface area contributed by atoms with Crippen molar-refractivity contribution < 1.29 is 23.0 Å². The van der Waals surface area contributed by atoms with Gasteiger partial charge in [-0.2, -0.15) is 0 Å². The summed E-state index contributed by atoms with van der Waals surface area (Å²) < 4.78 is 39.7. The van der Waals surface area contributed by atoms with Crippen LogP contribution in [0.3, 0.4) is 0 Å². The van der Waals surface area contributed by atoms with Gasteiger partial charge in [0.25, 0.3) is 0 Å². The average molecular weight is 419 g/mol. The van der Waals surface area contributed by atoms with Crippen LogP contribution in [0.15, 0.2) is 42.5 Å². The van der Waals surface area contributed by atoms with Crippen LogP contribution < -0.4 is 10.5 Å². The number of nitrogens with two attached hydrogens (primary N) is 1. The zero-order valence-corrected chi connectivity index (χ0v) is 16.4. The summed E-state index contributed by atoms with van der Waals surface area (Å²) in [5.41, 5.74) is 5.47. The lowest BCUT2D eigenvalue weighted by atomic mass is 10.0. The fourth-order valence-corrected chi connectivity index (χ4v) is 2.96. The molecule has 3 rings (SSSR count). The maximum absolute atomic E-state index is 14.8. The largest absolute Gasteiger partial charge is 0.492 e. The molecule has 29 heavy (non-hydrogen) atoms. The van der Waals surface area contributed by atoms with Gasteiger partial charge in [0.1, 0.15) is 12.3 Å². The summed E-state index contributed by atoms with van der Waals surface area (Å²) in [6, 6.07) is 11.6. The molecule has 2 N–H and O–H groups in total. The summed E-state index contributed by atoms with van der Waals surface area (Å²) in [5.74, 6) is -2.94. The van der Waals surface area contributed by atoms with E-state index in [0.717, 1.165) is 5.56 Å². The van der Waals surface area contributed by atoms with E-state index in [4.69, 9.17) is 26.8 Å². The van der Waals surface area contributed by atoms with Gasteiger partial charge < -0.3 is 15.2 Å². The van der Waals surface area contributed by atoms with E-state index in [0.29, 0.717) is 0 Å². The maximum Gasteiger partial charge on any atom is 0.357 e. The Kier molecular flexibility index (Phi) is 5.98. The van der Waals surface area contributed by atoms with Crippen molar-refractivity contribution in [2.45, 2.75) is 13.5 Å². The van der Waals surface area contributed by atoms with E-state index >= 15 is 0 Å². The highest BCUT2D eigenvalue weighted by Crippen LogP contribution is 2.37. The quantitative estimate of drug-likeness (QED) is 0.594. The number of ether oxygens (including phenoxy) is 2. The Morgan fingerprint density at radius 2 is 1.83 bits per heavy atom. The molecule has 2 aromatic carbocycles. The van der Waals surface area contributed by atoms with Gasteiger partial charge >= 0.3 is 5.97 Å². The number of esters is 1. The first-order valence-corrected chi connectivity index (χ1v) is 8.92. The van der Waals surface area contributed by atoms with Gasteiger partial charge in [0.15, 0.2) is 23.1 Å². The Labute approximate surface area is 171 Å². The summed E-state index contributed by atoms with van der Waals surface area (Å²) in [4.78, 5) is 16.6. The minimum absolute atomic E-state index is 0.00344. The number of aromatic nitrogens is 1. The van der Waals surface area contributed by atoms with Crippen LogP contribution in [0.1, 0.15) is 21.6 Å². The zero-order chi connectivity index (χ0) is 21.1. The fraction of sp³-hybridized carbons (Fsp3) is 0.143. The number of carbonyl (C=O) groups excluding carboxylic acids is 1. The highest BCUT2D eigenvalue weighted by Gasteiger charge is 2.25. The second-order valence-electron chi connectivity index (χ2n) is 6.17. The van der Waals surface area contributed by atoms with E-state index in [-0.39, 0.29) is 39.9 Å². The molecule has 0 saturated carbocycles. The van der Waals surface area contributed by atoms with Crippen LogP contribution in [0, 0.1) is 18.6 Å². The summed E-state index contributed by atoms with van der Waals surface area (Å²) in [7, 11) is 1.23. The molecule has 0 aliphatic heterocycles. The highest BCUT2D eigenvalue weighted by molar-refractivity contribution is 6.32. The van der Waals surface area contributed by atoms with Gasteiger partial charge in [-0.25, -0.2) is 18.6 Å². The summed E-state index contributed by atoms with van der Waals surface area (Å²) >= 11 is 5.89. The standard InChI is InChI=1S/C21H17ClF2N2O3/c1-11-17(25)16(24)19(13-8-9-14(22)20(28-2)15(13)23)26-18(11)21(27)29-10-12-6-4-3-5-7-12/h3-9H,10H2,1-2H3,(H2,25,26). The number of hydrogen-bond donors (Lipinski definition) is 1. The topological polar surface area (TPSA) is 74.4 Å². The molecule has 0 fully saturated rings. The average Bonchev–Trinajstić information content (AvgIpc) is 2.72. The van der Waals surface area contributed by atoms with Crippen molar-refractivity contribution in [2.24, 2.45) is 0 Å². The molecule has 0 bridgehead atoms. The Morgan fingerprint density at radius 1 is 1.14 bits per heavy atom. The predicted octanol–water partition coefficient (Wildman–Crippen LogP) is 4.94. The third kappa shape index (κ3) is 4.00. The van der Waals surface area contributed by atoms with Crippen molar-refractivity contribution in [3.05, 3.63) is 75.9 Å². The van der Waals surface area contributed by atoms with Gasteiger partial charge in [-0.15, -0.1) is 0 Å². The smallest absolute Gasteiger partial charge is 0.357 e. The molecule has 0 aliphatic rings. The number of halogens is 3. The molecule has 0 radical (unpaired) electrons. The van der Waals surface area contributed by atoms with E-state index < -0.39 is 23.3 Å². The Bertz CT molecular complexity index is 1080. The molecular weight excluding hydrogens is 402 g/mol. The normalized spacial score (nSPS) is 10.7. The van der Waals surface area contributed by atoms with E-state index in [1.54, 1.807) is 24.3 Å². The summed E-state index contributed by atoms with van der Waals surface area (Å²) in [6.07, 6.45) is 0. The number of nitrogens with zero attached hydrogens (tertiary/aromatic N) is 1. The van der Waals surface area contributed by atoms with Gasteiger partial charge in [-0.05, 0) is 24.6 Å². The lowest BCUT2D eigenvalue weighted by Gasteiger charge is -2.14. The Balaban J connectivity index is 2.03. The number of nitrogen functional groups attached to an aromatic ring is 1. The molecular formula is C21H17ClF2N2O3. The van der Waals surface area contributed by atoms with Crippen LogP contribution in [0.2, 0.25) is 5.02 Å². The molecule has 0 saturated heterocycles. The van der Waals surface area contributed by atoms with E-state index in [1.807, 2.05) is 6.07 Å². The molecule has 0 atom stereocenters. The van der Waals surface area contributed by atoms with Gasteiger partial charge in [0, 0.05) is 11.1 Å². The number of anilines is 1. The third-order valence-corrected chi connectivity index (χ3v) is 4.64. The first-order valence-electron chi connectivity index (χ1n) is 8.54. The van der Waals surface area contributed by atoms with Gasteiger partial charge in [0.05, 0.1) is 17.8 Å². The fourth-order valence-electron chi connectivity index (χ4n) is 2.74. The summed E-state index contributed by atoms with van der Waals surface area (Å²) in [5, 5.41) is 0.0109. The Morgan fingerprint density at radius 3 is 2.48 bits per heavy atom. The maximum atomic E-state index is 14.8. The number of pyridine rings is 1. The monoisotopic (exact) mass is 418 g/mol. The molecule has 1 heterocycles. The van der Waals surface area contributed by atoms with Gasteiger partial charge in [-0.1, -0.05) is 41.9 Å². The zero-order valence-electron chi connectivity index (χ0n) is 15.6. The summed E-state index contributed by atoms with van der Waals surface area (Å²) in [6.45, 7) is 1.43. The number of benzene rings is 2. The third-order valence-electron chi connectivity index (χ3n) is 4.34. The van der Waals surface area contributed by atoms with Gasteiger partial charge in [-0.3, -0.25) is 0 Å². The Hall–Kier alpha value is -3.19. The van der Waals surface area contributed by atoms with Crippen molar-refractivity contribution in [1.29, 1.82) is 0 Å². The molecule has 0 amide bonds. The molecule has 0 aliphatic carbocycles. The molecule has 1 aromatic heterocycles. The first-order chi connectivity index (χ1) is 13.8. The highest BCUT2D eigenvalue weighted by atomic mass is 35.5. The van der Waals surface area contributed by atoms with Crippen molar-refractivity contribution in [3.8, 4) is 17.0 Å². The van der Waals surface area contributed by atoms with Crippen LogP contribution in [-0.4, -0.2) is 18.1 Å². The van der Waals surface area contributed by atoms with Gasteiger partial charge in [0.2, 0.25) is 0 Å². The minimum Gasteiger partial charge on any atom is -0.492 e. The lowest BCUT2D eigenvalue weighted by molar-refractivity contribution is 0.0465. The van der Waals surface area contributed by atoms with Crippen molar-refractivity contribution in [1.82, 2.24) is 4.98 Å². The SMILES string of the molecule is COc1c(Cl)ccc(-c2nc(C(=O)OCc3ccccc3)c(C)c(N)c2F)c1F. The molecule has 5 nitrogen and oxygen atoms in total. The lowest BCUT2D eigenvalue weighted by Crippen LogP contribution is -2.14. The second-order valence-corrected chi connectivity index (χ2v) is 6.57. The number of carbonyl (C=O) groups is 1. The molecule has 8 heteroatoms. The predicted molar refractivity (Wildman–Crippen MR) is 106 cm³/mol. The van der Waals surface area contributed by atoms with Crippen LogP contribution >= 0.6 is 11.6 Å². The van der Waals surface area contributed by atoms with Crippen LogP contribution in [0.4, 0.5) is 14.5 Å². The number of methoxy groups -OCH3 is 1.